The predicted molar refractivity (Wildman–Crippen MR) is 69.7 cm³/mol. The summed E-state index contributed by atoms with van der Waals surface area (Å²) >= 11 is 0. The highest BCUT2D eigenvalue weighted by Crippen LogP contribution is 2.14. The van der Waals surface area contributed by atoms with Crippen molar-refractivity contribution in [2.75, 3.05) is 32.1 Å². The second kappa shape index (κ2) is 6.35. The molecule has 2 heterocycles. The molecule has 0 spiro atoms. The number of carbonyl (C=O) groups is 1. The second-order valence-corrected chi connectivity index (χ2v) is 4.44. The van der Waals surface area contributed by atoms with E-state index in [0.29, 0.717) is 23.8 Å². The van der Waals surface area contributed by atoms with Gasteiger partial charge in [-0.15, -0.1) is 0 Å². The molecule has 1 aliphatic rings. The largest absolute Gasteiger partial charge is 0.381 e. The summed E-state index contributed by atoms with van der Waals surface area (Å²) in [4.78, 5) is 16.2. The fourth-order valence-electron chi connectivity index (χ4n) is 2.09. The van der Waals surface area contributed by atoms with Crippen LogP contribution in [0.4, 0.5) is 5.82 Å². The van der Waals surface area contributed by atoms with Crippen LogP contribution in [-0.4, -0.2) is 37.7 Å². The molecule has 0 saturated carbocycles. The van der Waals surface area contributed by atoms with Gasteiger partial charge in [-0.25, -0.2) is 4.98 Å². The molecule has 1 amide bonds. The number of aromatic nitrogens is 1. The molecule has 2 rings (SSSR count). The number of nitrogens with zero attached hydrogens (tertiary/aromatic N) is 1. The fourth-order valence-corrected chi connectivity index (χ4v) is 2.09. The van der Waals surface area contributed by atoms with Crippen molar-refractivity contribution in [1.82, 2.24) is 10.3 Å². The van der Waals surface area contributed by atoms with Crippen LogP contribution >= 0.6 is 0 Å². The maximum Gasteiger partial charge on any atom is 0.255 e. The van der Waals surface area contributed by atoms with Gasteiger partial charge in [-0.2, -0.15) is 0 Å². The van der Waals surface area contributed by atoms with Crippen molar-refractivity contribution in [2.24, 2.45) is 5.92 Å². The smallest absolute Gasteiger partial charge is 0.255 e. The van der Waals surface area contributed by atoms with E-state index in [0.717, 1.165) is 26.1 Å². The zero-order valence-corrected chi connectivity index (χ0v) is 10.6. The van der Waals surface area contributed by atoms with Gasteiger partial charge in [0.1, 0.15) is 5.82 Å². The molecule has 2 N–H and O–H groups in total. The highest BCUT2D eigenvalue weighted by molar-refractivity contribution is 5.98. The highest BCUT2D eigenvalue weighted by atomic mass is 16.5. The fraction of sp³-hybridized carbons (Fsp3) is 0.538. The van der Waals surface area contributed by atoms with Gasteiger partial charge in [0.15, 0.2) is 0 Å². The first-order valence-electron chi connectivity index (χ1n) is 6.30. The van der Waals surface area contributed by atoms with Gasteiger partial charge in [-0.1, -0.05) is 0 Å². The number of amides is 1. The van der Waals surface area contributed by atoms with Crippen molar-refractivity contribution < 1.29 is 9.53 Å². The first kappa shape index (κ1) is 12.8. The van der Waals surface area contributed by atoms with Gasteiger partial charge in [0.2, 0.25) is 0 Å². The van der Waals surface area contributed by atoms with Gasteiger partial charge in [0, 0.05) is 26.4 Å². The van der Waals surface area contributed by atoms with Crippen LogP contribution in [0.15, 0.2) is 18.3 Å². The third-order valence-electron chi connectivity index (χ3n) is 3.10. The summed E-state index contributed by atoms with van der Waals surface area (Å²) in [5.74, 6) is 0.949. The van der Waals surface area contributed by atoms with Crippen molar-refractivity contribution in [3.05, 3.63) is 23.9 Å². The molecule has 1 aromatic heterocycles. The number of rotatable bonds is 4. The van der Waals surface area contributed by atoms with E-state index in [1.807, 2.05) is 0 Å². The Morgan fingerprint density at radius 1 is 1.61 bits per heavy atom. The van der Waals surface area contributed by atoms with Crippen molar-refractivity contribution in [2.45, 2.75) is 12.8 Å². The summed E-state index contributed by atoms with van der Waals surface area (Å²) in [5.41, 5.74) is 0.580. The second-order valence-electron chi connectivity index (χ2n) is 4.44. The van der Waals surface area contributed by atoms with Gasteiger partial charge in [-0.3, -0.25) is 4.79 Å². The molecular formula is C13H19N3O2. The average Bonchev–Trinajstić information content (AvgIpc) is 2.45. The minimum absolute atomic E-state index is 0.0852. The van der Waals surface area contributed by atoms with E-state index in [4.69, 9.17) is 4.74 Å². The van der Waals surface area contributed by atoms with Crippen molar-refractivity contribution in [1.29, 1.82) is 0 Å². The first-order valence-corrected chi connectivity index (χ1v) is 6.30. The third kappa shape index (κ3) is 3.20. The number of ether oxygens (including phenoxy) is 1. The molecule has 0 bridgehead atoms. The summed E-state index contributed by atoms with van der Waals surface area (Å²) in [6.45, 7) is 2.25. The molecule has 0 radical (unpaired) electrons. The molecule has 18 heavy (non-hydrogen) atoms. The number of carbonyl (C=O) groups excluding carboxylic acids is 1. The van der Waals surface area contributed by atoms with Gasteiger partial charge in [0.25, 0.3) is 5.91 Å². The standard InChI is InChI=1S/C13H19N3O2/c1-14-12-11(5-2-6-15-12)13(17)16-8-10-4-3-7-18-9-10/h2,5-6,10H,3-4,7-9H2,1H3,(H,14,15)(H,16,17). The summed E-state index contributed by atoms with van der Waals surface area (Å²) in [5, 5.41) is 5.86. The first-order chi connectivity index (χ1) is 8.81. The minimum Gasteiger partial charge on any atom is -0.381 e. The molecule has 1 fully saturated rings. The maximum absolute atomic E-state index is 12.0. The number of nitrogens with one attached hydrogen (secondary N) is 2. The molecule has 5 nitrogen and oxygen atoms in total. The molecule has 1 saturated heterocycles. The van der Waals surface area contributed by atoms with Crippen molar-refractivity contribution >= 4 is 11.7 Å². The molecular weight excluding hydrogens is 230 g/mol. The Hall–Kier alpha value is -1.62. The Morgan fingerprint density at radius 2 is 2.50 bits per heavy atom. The van der Waals surface area contributed by atoms with Crippen LogP contribution in [0, 0.1) is 5.92 Å². The molecule has 0 aromatic carbocycles. The topological polar surface area (TPSA) is 63.2 Å². The van der Waals surface area contributed by atoms with Crippen molar-refractivity contribution in [3.8, 4) is 0 Å². The molecule has 1 unspecified atom stereocenters. The Labute approximate surface area is 107 Å². The van der Waals surface area contributed by atoms with Crippen LogP contribution in [-0.2, 0) is 4.74 Å². The lowest BCUT2D eigenvalue weighted by Crippen LogP contribution is -2.33. The predicted octanol–water partition coefficient (Wildman–Crippen LogP) is 1.28. The average molecular weight is 249 g/mol. The molecule has 98 valence electrons. The summed E-state index contributed by atoms with van der Waals surface area (Å²) in [7, 11) is 1.76. The molecule has 5 heteroatoms. The Bertz CT molecular complexity index is 403. The van der Waals surface area contributed by atoms with Crippen LogP contribution in [0.3, 0.4) is 0 Å². The molecule has 0 aliphatic carbocycles. The van der Waals surface area contributed by atoms with Gasteiger partial charge >= 0.3 is 0 Å². The summed E-state index contributed by atoms with van der Waals surface area (Å²) in [6, 6.07) is 3.53. The van der Waals surface area contributed by atoms with Gasteiger partial charge in [0.05, 0.1) is 12.2 Å². The molecule has 1 aromatic rings. The highest BCUT2D eigenvalue weighted by Gasteiger charge is 2.16. The maximum atomic E-state index is 12.0. The Morgan fingerprint density at radius 3 is 3.22 bits per heavy atom. The number of hydrogen-bond donors (Lipinski definition) is 2. The van der Waals surface area contributed by atoms with E-state index >= 15 is 0 Å². The van der Waals surface area contributed by atoms with Gasteiger partial charge < -0.3 is 15.4 Å². The van der Waals surface area contributed by atoms with E-state index in [9.17, 15) is 4.79 Å². The van der Waals surface area contributed by atoms with Gasteiger partial charge in [-0.05, 0) is 30.9 Å². The number of hydrogen-bond acceptors (Lipinski definition) is 4. The van der Waals surface area contributed by atoms with Crippen LogP contribution < -0.4 is 10.6 Å². The summed E-state index contributed by atoms with van der Waals surface area (Å²) < 4.78 is 5.39. The van der Waals surface area contributed by atoms with E-state index in [1.54, 1.807) is 25.4 Å². The normalized spacial score (nSPS) is 19.3. The summed E-state index contributed by atoms with van der Waals surface area (Å²) in [6.07, 6.45) is 3.86. The van der Waals surface area contributed by atoms with Crippen LogP contribution in [0.5, 0.6) is 0 Å². The Kier molecular flexibility index (Phi) is 4.52. The van der Waals surface area contributed by atoms with E-state index in [-0.39, 0.29) is 5.91 Å². The van der Waals surface area contributed by atoms with Crippen LogP contribution in [0.25, 0.3) is 0 Å². The third-order valence-corrected chi connectivity index (χ3v) is 3.10. The minimum atomic E-state index is -0.0852. The van der Waals surface area contributed by atoms with Crippen LogP contribution in [0.1, 0.15) is 23.2 Å². The zero-order chi connectivity index (χ0) is 12.8. The van der Waals surface area contributed by atoms with E-state index in [1.165, 1.54) is 0 Å². The van der Waals surface area contributed by atoms with E-state index in [2.05, 4.69) is 15.6 Å². The quantitative estimate of drug-likeness (QED) is 0.843. The molecule has 1 atom stereocenters. The lowest BCUT2D eigenvalue weighted by atomic mass is 10.0. The number of pyridine rings is 1. The Balaban J connectivity index is 1.90. The lowest BCUT2D eigenvalue weighted by Gasteiger charge is -2.22. The van der Waals surface area contributed by atoms with Crippen LogP contribution in [0.2, 0.25) is 0 Å². The molecule has 1 aliphatic heterocycles. The van der Waals surface area contributed by atoms with E-state index < -0.39 is 0 Å². The number of anilines is 1. The SMILES string of the molecule is CNc1ncccc1C(=O)NCC1CCCOC1. The van der Waals surface area contributed by atoms with Crippen molar-refractivity contribution in [3.63, 3.8) is 0 Å². The lowest BCUT2D eigenvalue weighted by molar-refractivity contribution is 0.0536. The monoisotopic (exact) mass is 249 g/mol. The zero-order valence-electron chi connectivity index (χ0n) is 10.6.